The molecule has 5 heteroatoms. The monoisotopic (exact) mass is 296 g/mol. The summed E-state index contributed by atoms with van der Waals surface area (Å²) in [6, 6.07) is 9.57. The molecule has 0 atom stereocenters. The van der Waals surface area contributed by atoms with Crippen LogP contribution in [-0.4, -0.2) is 29.0 Å². The molecule has 1 fully saturated rings. The first-order chi connectivity index (χ1) is 10.7. The molecule has 0 unspecified atom stereocenters. The van der Waals surface area contributed by atoms with Gasteiger partial charge in [-0.2, -0.15) is 0 Å². The van der Waals surface area contributed by atoms with Crippen molar-refractivity contribution in [2.24, 2.45) is 5.92 Å². The molecular weight excluding hydrogens is 276 g/mol. The maximum Gasteiger partial charge on any atom is 0.238 e. The Labute approximate surface area is 130 Å². The predicted molar refractivity (Wildman–Crippen MR) is 86.4 cm³/mol. The fourth-order valence-electron chi connectivity index (χ4n) is 2.29. The second-order valence-corrected chi connectivity index (χ2v) is 5.69. The number of nitrogens with one attached hydrogen (secondary N) is 2. The number of carbonyl (C=O) groups excluding carboxylic acids is 1. The van der Waals surface area contributed by atoms with Crippen LogP contribution < -0.4 is 10.6 Å². The number of aromatic nitrogens is 2. The Bertz CT molecular complexity index is 667. The van der Waals surface area contributed by atoms with E-state index in [9.17, 15) is 4.79 Å². The van der Waals surface area contributed by atoms with E-state index in [1.54, 1.807) is 6.20 Å². The van der Waals surface area contributed by atoms with Crippen LogP contribution in [0.2, 0.25) is 0 Å². The lowest BCUT2D eigenvalue weighted by Crippen LogP contribution is -2.29. The van der Waals surface area contributed by atoms with Crippen LogP contribution in [0.4, 0.5) is 5.69 Å². The van der Waals surface area contributed by atoms with Crippen molar-refractivity contribution in [3.05, 3.63) is 42.4 Å². The topological polar surface area (TPSA) is 66.9 Å². The molecule has 1 heterocycles. The van der Waals surface area contributed by atoms with Gasteiger partial charge in [-0.05, 0) is 50.4 Å². The highest BCUT2D eigenvalue weighted by Gasteiger charge is 2.20. The molecule has 1 aromatic heterocycles. The minimum absolute atomic E-state index is 0.0170. The van der Waals surface area contributed by atoms with Gasteiger partial charge in [0.1, 0.15) is 5.82 Å². The summed E-state index contributed by atoms with van der Waals surface area (Å²) >= 11 is 0. The molecule has 1 aliphatic rings. The van der Waals surface area contributed by atoms with Gasteiger partial charge in [-0.1, -0.05) is 12.1 Å². The third-order valence-corrected chi connectivity index (χ3v) is 3.63. The third-order valence-electron chi connectivity index (χ3n) is 3.63. The lowest BCUT2D eigenvalue weighted by Gasteiger charge is -2.08. The second kappa shape index (κ2) is 6.66. The molecule has 114 valence electrons. The average molecular weight is 296 g/mol. The molecular formula is C17H20N4O. The zero-order valence-electron chi connectivity index (χ0n) is 12.7. The van der Waals surface area contributed by atoms with Crippen molar-refractivity contribution < 1.29 is 4.79 Å². The number of anilines is 1. The molecule has 3 rings (SSSR count). The molecule has 0 aliphatic heterocycles. The van der Waals surface area contributed by atoms with Gasteiger partial charge in [-0.25, -0.2) is 9.97 Å². The van der Waals surface area contributed by atoms with E-state index >= 15 is 0 Å². The smallest absolute Gasteiger partial charge is 0.238 e. The molecule has 0 bridgehead atoms. The van der Waals surface area contributed by atoms with Gasteiger partial charge in [0.25, 0.3) is 0 Å². The van der Waals surface area contributed by atoms with Crippen LogP contribution in [0.5, 0.6) is 0 Å². The van der Waals surface area contributed by atoms with Gasteiger partial charge >= 0.3 is 0 Å². The number of nitrogens with zero attached hydrogens (tertiary/aromatic N) is 2. The van der Waals surface area contributed by atoms with Gasteiger partial charge in [-0.3, -0.25) is 4.79 Å². The van der Waals surface area contributed by atoms with Gasteiger partial charge in [0.05, 0.1) is 12.2 Å². The summed E-state index contributed by atoms with van der Waals surface area (Å²) in [4.78, 5) is 20.4. The minimum atomic E-state index is -0.0170. The summed E-state index contributed by atoms with van der Waals surface area (Å²) in [5.41, 5.74) is 2.61. The van der Waals surface area contributed by atoms with E-state index in [1.807, 2.05) is 37.3 Å². The van der Waals surface area contributed by atoms with Crippen molar-refractivity contribution in [3.63, 3.8) is 0 Å². The normalized spacial score (nSPS) is 13.9. The summed E-state index contributed by atoms with van der Waals surface area (Å²) in [6.45, 7) is 3.15. The van der Waals surface area contributed by atoms with E-state index in [1.165, 1.54) is 12.8 Å². The molecule has 0 radical (unpaired) electrons. The zero-order valence-corrected chi connectivity index (χ0v) is 12.7. The summed E-state index contributed by atoms with van der Waals surface area (Å²) < 4.78 is 0. The van der Waals surface area contributed by atoms with E-state index in [2.05, 4.69) is 20.6 Å². The fraction of sp³-hybridized carbons (Fsp3) is 0.353. The number of hydrogen-bond donors (Lipinski definition) is 2. The Morgan fingerprint density at radius 1 is 1.32 bits per heavy atom. The van der Waals surface area contributed by atoms with Crippen molar-refractivity contribution >= 4 is 11.6 Å². The summed E-state index contributed by atoms with van der Waals surface area (Å²) in [6.07, 6.45) is 4.31. The van der Waals surface area contributed by atoms with Crippen LogP contribution in [0, 0.1) is 12.8 Å². The summed E-state index contributed by atoms with van der Waals surface area (Å²) in [5, 5.41) is 6.10. The van der Waals surface area contributed by atoms with Crippen LogP contribution in [0.1, 0.15) is 18.7 Å². The molecule has 5 nitrogen and oxygen atoms in total. The van der Waals surface area contributed by atoms with Crippen LogP contribution in [0.15, 0.2) is 36.5 Å². The maximum atomic E-state index is 11.9. The minimum Gasteiger partial charge on any atom is -0.325 e. The Morgan fingerprint density at radius 3 is 2.95 bits per heavy atom. The second-order valence-electron chi connectivity index (χ2n) is 5.69. The van der Waals surface area contributed by atoms with Gasteiger partial charge < -0.3 is 10.6 Å². The number of benzene rings is 1. The van der Waals surface area contributed by atoms with Crippen molar-refractivity contribution in [1.82, 2.24) is 15.3 Å². The van der Waals surface area contributed by atoms with E-state index in [-0.39, 0.29) is 5.91 Å². The Hall–Kier alpha value is -2.27. The highest BCUT2D eigenvalue weighted by atomic mass is 16.1. The first kappa shape index (κ1) is 14.7. The molecule has 1 amide bonds. The number of hydrogen-bond acceptors (Lipinski definition) is 4. The standard InChI is InChI=1S/C17H20N4O/c1-12-19-8-7-16(20-12)14-3-2-4-15(9-14)21-17(22)11-18-10-13-5-6-13/h2-4,7-9,13,18H,5-6,10-11H2,1H3,(H,21,22). The van der Waals surface area contributed by atoms with E-state index in [4.69, 9.17) is 0 Å². The molecule has 1 aromatic carbocycles. The van der Waals surface area contributed by atoms with Crippen LogP contribution in [-0.2, 0) is 4.79 Å². The molecule has 2 aromatic rings. The Kier molecular flexibility index (Phi) is 4.44. The molecule has 0 saturated heterocycles. The molecule has 0 spiro atoms. The Balaban J connectivity index is 1.61. The maximum absolute atomic E-state index is 11.9. The number of aryl methyl sites for hydroxylation is 1. The lowest BCUT2D eigenvalue weighted by atomic mass is 10.1. The van der Waals surface area contributed by atoms with Crippen molar-refractivity contribution in [2.45, 2.75) is 19.8 Å². The van der Waals surface area contributed by atoms with Gasteiger partial charge in [-0.15, -0.1) is 0 Å². The number of carbonyl (C=O) groups is 1. The highest BCUT2D eigenvalue weighted by Crippen LogP contribution is 2.27. The van der Waals surface area contributed by atoms with E-state index in [0.717, 1.165) is 35.2 Å². The lowest BCUT2D eigenvalue weighted by molar-refractivity contribution is -0.115. The Morgan fingerprint density at radius 2 is 2.18 bits per heavy atom. The summed E-state index contributed by atoms with van der Waals surface area (Å²) in [7, 11) is 0. The van der Waals surface area contributed by atoms with Crippen LogP contribution in [0.25, 0.3) is 11.3 Å². The highest BCUT2D eigenvalue weighted by molar-refractivity contribution is 5.92. The molecule has 1 saturated carbocycles. The van der Waals surface area contributed by atoms with Gasteiger partial charge in [0, 0.05) is 17.4 Å². The first-order valence-electron chi connectivity index (χ1n) is 7.61. The zero-order chi connectivity index (χ0) is 15.4. The van der Waals surface area contributed by atoms with E-state index in [0.29, 0.717) is 6.54 Å². The van der Waals surface area contributed by atoms with Crippen LogP contribution >= 0.6 is 0 Å². The molecule has 2 N–H and O–H groups in total. The predicted octanol–water partition coefficient (Wildman–Crippen LogP) is 2.39. The third kappa shape index (κ3) is 4.11. The van der Waals surface area contributed by atoms with Crippen molar-refractivity contribution in [3.8, 4) is 11.3 Å². The number of rotatable bonds is 6. The van der Waals surface area contributed by atoms with Gasteiger partial charge in [0.2, 0.25) is 5.91 Å². The van der Waals surface area contributed by atoms with Gasteiger partial charge in [0.15, 0.2) is 0 Å². The van der Waals surface area contributed by atoms with E-state index < -0.39 is 0 Å². The molecule has 1 aliphatic carbocycles. The van der Waals surface area contributed by atoms with Crippen molar-refractivity contribution in [1.29, 1.82) is 0 Å². The first-order valence-corrected chi connectivity index (χ1v) is 7.61. The quantitative estimate of drug-likeness (QED) is 0.859. The summed E-state index contributed by atoms with van der Waals surface area (Å²) in [5.74, 6) is 1.49. The number of amides is 1. The fourth-order valence-corrected chi connectivity index (χ4v) is 2.29. The van der Waals surface area contributed by atoms with Crippen LogP contribution in [0.3, 0.4) is 0 Å². The molecule has 22 heavy (non-hydrogen) atoms. The largest absolute Gasteiger partial charge is 0.325 e. The van der Waals surface area contributed by atoms with Crippen molar-refractivity contribution in [2.75, 3.05) is 18.4 Å². The SMILES string of the molecule is Cc1nccc(-c2cccc(NC(=O)CNCC3CC3)c2)n1. The average Bonchev–Trinajstić information content (AvgIpc) is 3.32.